The van der Waals surface area contributed by atoms with Gasteiger partial charge in [0, 0.05) is 31.7 Å². The van der Waals surface area contributed by atoms with Crippen molar-refractivity contribution in [2.45, 2.75) is 78.1 Å². The number of nitrogens with one attached hydrogen (secondary N) is 3. The maximum Gasteiger partial charge on any atom is 0.246 e. The van der Waals surface area contributed by atoms with Gasteiger partial charge in [-0.25, -0.2) is 0 Å². The van der Waals surface area contributed by atoms with E-state index in [1.165, 1.54) is 0 Å². The fourth-order valence-corrected chi connectivity index (χ4v) is 3.34. The van der Waals surface area contributed by atoms with Gasteiger partial charge in [0.2, 0.25) is 11.8 Å². The van der Waals surface area contributed by atoms with Gasteiger partial charge in [-0.05, 0) is 47.0 Å². The highest BCUT2D eigenvalue weighted by Crippen LogP contribution is 2.24. The first-order valence-corrected chi connectivity index (χ1v) is 10.1. The summed E-state index contributed by atoms with van der Waals surface area (Å²) in [5, 5.41) is 13.6. The summed E-state index contributed by atoms with van der Waals surface area (Å²) in [6.45, 7) is 8.76. The summed E-state index contributed by atoms with van der Waals surface area (Å²) < 4.78 is 10.7. The molecule has 1 fully saturated rings. The van der Waals surface area contributed by atoms with Gasteiger partial charge in [0.05, 0.1) is 6.54 Å². The van der Waals surface area contributed by atoms with Crippen LogP contribution in [0.25, 0.3) is 0 Å². The van der Waals surface area contributed by atoms with Crippen molar-refractivity contribution >= 4 is 11.9 Å². The van der Waals surface area contributed by atoms with E-state index in [-0.39, 0.29) is 30.0 Å². The zero-order chi connectivity index (χ0) is 20.5. The Kier molecular flexibility index (Phi) is 8.69. The predicted molar refractivity (Wildman–Crippen MR) is 107 cm³/mol. The van der Waals surface area contributed by atoms with E-state index in [9.17, 15) is 4.79 Å². The van der Waals surface area contributed by atoms with Crippen LogP contribution in [0.4, 0.5) is 0 Å². The number of nitrogens with zero attached hydrogens (tertiary/aromatic N) is 3. The Labute approximate surface area is 167 Å². The van der Waals surface area contributed by atoms with Gasteiger partial charge in [0.25, 0.3) is 0 Å². The van der Waals surface area contributed by atoms with Crippen molar-refractivity contribution in [2.75, 3.05) is 13.7 Å². The summed E-state index contributed by atoms with van der Waals surface area (Å²) in [7, 11) is 1.72. The molecule has 1 saturated carbocycles. The van der Waals surface area contributed by atoms with Gasteiger partial charge in [0.1, 0.15) is 6.10 Å². The summed E-state index contributed by atoms with van der Waals surface area (Å²) in [6.07, 6.45) is 3.58. The largest absolute Gasteiger partial charge is 0.371 e. The third-order valence-corrected chi connectivity index (χ3v) is 4.71. The summed E-state index contributed by atoms with van der Waals surface area (Å²) in [4.78, 5) is 20.9. The minimum atomic E-state index is -0.198. The fourth-order valence-electron chi connectivity index (χ4n) is 3.34. The van der Waals surface area contributed by atoms with E-state index in [1.807, 2.05) is 27.7 Å². The number of aliphatic imine (C=N–C) groups is 1. The van der Waals surface area contributed by atoms with Crippen LogP contribution in [0.15, 0.2) is 9.52 Å². The molecule has 1 aromatic heterocycles. The first-order chi connectivity index (χ1) is 13.4. The first kappa shape index (κ1) is 22.1. The number of ether oxygens (including phenoxy) is 1. The molecule has 1 aliphatic carbocycles. The second kappa shape index (κ2) is 11.0. The van der Waals surface area contributed by atoms with Gasteiger partial charge >= 0.3 is 0 Å². The van der Waals surface area contributed by atoms with Gasteiger partial charge < -0.3 is 25.2 Å². The zero-order valence-corrected chi connectivity index (χ0v) is 17.6. The zero-order valence-electron chi connectivity index (χ0n) is 17.6. The SMILES string of the molecule is CCOC(C)c1noc(CNC(=NC)NC2CCCC(C(=O)NC(C)C)C2)n1. The van der Waals surface area contributed by atoms with Gasteiger partial charge in [-0.2, -0.15) is 4.98 Å². The number of guanidine groups is 1. The molecule has 0 aromatic carbocycles. The van der Waals surface area contributed by atoms with Crippen LogP contribution >= 0.6 is 0 Å². The molecule has 3 N–H and O–H groups in total. The minimum Gasteiger partial charge on any atom is -0.371 e. The molecule has 1 aliphatic rings. The predicted octanol–water partition coefficient (Wildman–Crippen LogP) is 1.92. The van der Waals surface area contributed by atoms with Crippen LogP contribution in [0.3, 0.4) is 0 Å². The second-order valence-electron chi connectivity index (χ2n) is 7.44. The molecule has 0 bridgehead atoms. The Morgan fingerprint density at radius 3 is 2.82 bits per heavy atom. The molecule has 3 unspecified atom stereocenters. The van der Waals surface area contributed by atoms with E-state index in [1.54, 1.807) is 7.05 Å². The van der Waals surface area contributed by atoms with E-state index in [2.05, 4.69) is 31.1 Å². The monoisotopic (exact) mass is 394 g/mol. The Balaban J connectivity index is 1.83. The van der Waals surface area contributed by atoms with Gasteiger partial charge in [0.15, 0.2) is 11.8 Å². The Hall–Kier alpha value is -2.16. The molecule has 28 heavy (non-hydrogen) atoms. The molecule has 9 heteroatoms. The number of amides is 1. The van der Waals surface area contributed by atoms with Crippen LogP contribution in [0.5, 0.6) is 0 Å². The van der Waals surface area contributed by atoms with Crippen LogP contribution in [0.2, 0.25) is 0 Å². The Bertz CT molecular complexity index is 645. The second-order valence-corrected chi connectivity index (χ2v) is 7.44. The Morgan fingerprint density at radius 2 is 2.14 bits per heavy atom. The van der Waals surface area contributed by atoms with Crippen molar-refractivity contribution < 1.29 is 14.1 Å². The maximum atomic E-state index is 12.3. The average Bonchev–Trinajstić information content (AvgIpc) is 3.14. The highest BCUT2D eigenvalue weighted by atomic mass is 16.5. The number of rotatable bonds is 8. The maximum absolute atomic E-state index is 12.3. The third kappa shape index (κ3) is 6.78. The lowest BCUT2D eigenvalue weighted by atomic mass is 9.85. The highest BCUT2D eigenvalue weighted by molar-refractivity contribution is 5.81. The van der Waals surface area contributed by atoms with Crippen LogP contribution in [-0.4, -0.2) is 47.7 Å². The highest BCUT2D eigenvalue weighted by Gasteiger charge is 2.28. The number of carbonyl (C=O) groups is 1. The van der Waals surface area contributed by atoms with Crippen LogP contribution in [0, 0.1) is 5.92 Å². The number of hydrogen-bond acceptors (Lipinski definition) is 6. The summed E-state index contributed by atoms with van der Waals surface area (Å²) in [5.41, 5.74) is 0. The van der Waals surface area contributed by atoms with Gasteiger partial charge in [-0.3, -0.25) is 9.79 Å². The molecule has 1 heterocycles. The molecule has 3 atom stereocenters. The molecule has 2 rings (SSSR count). The first-order valence-electron chi connectivity index (χ1n) is 10.1. The molecule has 0 spiro atoms. The van der Waals surface area contributed by atoms with Crippen molar-refractivity contribution in [1.29, 1.82) is 0 Å². The van der Waals surface area contributed by atoms with E-state index in [0.29, 0.717) is 30.8 Å². The molecule has 0 radical (unpaired) electrons. The number of hydrogen-bond donors (Lipinski definition) is 3. The molecule has 0 aliphatic heterocycles. The van der Waals surface area contributed by atoms with Crippen LogP contribution < -0.4 is 16.0 Å². The molecule has 1 aromatic rings. The molecule has 9 nitrogen and oxygen atoms in total. The molecular formula is C19H34N6O3. The normalized spacial score (nSPS) is 21.4. The van der Waals surface area contributed by atoms with E-state index >= 15 is 0 Å². The quantitative estimate of drug-likeness (QED) is 0.456. The van der Waals surface area contributed by atoms with Crippen molar-refractivity contribution in [1.82, 2.24) is 26.1 Å². The lowest BCUT2D eigenvalue weighted by molar-refractivity contribution is -0.126. The summed E-state index contributed by atoms with van der Waals surface area (Å²) in [5.74, 6) is 1.86. The number of aromatic nitrogens is 2. The average molecular weight is 395 g/mol. The smallest absolute Gasteiger partial charge is 0.246 e. The van der Waals surface area contributed by atoms with Crippen molar-refractivity contribution in [3.8, 4) is 0 Å². The minimum absolute atomic E-state index is 0.0466. The van der Waals surface area contributed by atoms with Crippen molar-refractivity contribution in [3.63, 3.8) is 0 Å². The molecular weight excluding hydrogens is 360 g/mol. The van der Waals surface area contributed by atoms with Crippen LogP contribution in [-0.2, 0) is 16.1 Å². The van der Waals surface area contributed by atoms with Crippen LogP contribution in [0.1, 0.15) is 71.2 Å². The topological polar surface area (TPSA) is 114 Å². The standard InChI is InChI=1S/C19H34N6O3/c1-6-27-13(4)17-24-16(28-25-17)11-21-19(20-5)23-15-9-7-8-14(10-15)18(26)22-12(2)3/h12-15H,6-11H2,1-5H3,(H,22,26)(H2,20,21,23). The van der Waals surface area contributed by atoms with Crippen molar-refractivity contribution in [2.24, 2.45) is 10.9 Å². The van der Waals surface area contributed by atoms with E-state index in [0.717, 1.165) is 25.7 Å². The Morgan fingerprint density at radius 1 is 1.36 bits per heavy atom. The molecule has 0 saturated heterocycles. The van der Waals surface area contributed by atoms with E-state index in [4.69, 9.17) is 9.26 Å². The van der Waals surface area contributed by atoms with E-state index < -0.39 is 0 Å². The third-order valence-electron chi connectivity index (χ3n) is 4.71. The molecule has 158 valence electrons. The van der Waals surface area contributed by atoms with Gasteiger partial charge in [-0.15, -0.1) is 0 Å². The lowest BCUT2D eigenvalue weighted by Gasteiger charge is -2.30. The summed E-state index contributed by atoms with van der Waals surface area (Å²) in [6, 6.07) is 0.374. The van der Waals surface area contributed by atoms with Crippen molar-refractivity contribution in [3.05, 3.63) is 11.7 Å². The lowest BCUT2D eigenvalue weighted by Crippen LogP contribution is -2.47. The molecule has 1 amide bonds. The fraction of sp³-hybridized carbons (Fsp3) is 0.789. The summed E-state index contributed by atoms with van der Waals surface area (Å²) >= 11 is 0. The number of carbonyl (C=O) groups excluding carboxylic acids is 1. The van der Waals surface area contributed by atoms with Gasteiger partial charge in [-0.1, -0.05) is 11.6 Å².